The average molecular weight is 399 g/mol. The molecule has 1 nitrogen and oxygen atoms in total. The van der Waals surface area contributed by atoms with E-state index in [2.05, 4.69) is 53.3 Å². The summed E-state index contributed by atoms with van der Waals surface area (Å²) < 4.78 is 0. The Morgan fingerprint density at radius 2 is 1.83 bits per heavy atom. The molecule has 3 aliphatic carbocycles. The molecular formula is C28H46O. The summed E-state index contributed by atoms with van der Waals surface area (Å²) in [5.41, 5.74) is 4.70. The van der Waals surface area contributed by atoms with E-state index in [1.807, 2.05) is 0 Å². The lowest BCUT2D eigenvalue weighted by Gasteiger charge is -2.44. The van der Waals surface area contributed by atoms with E-state index in [9.17, 15) is 5.11 Å². The van der Waals surface area contributed by atoms with E-state index in [4.69, 9.17) is 0 Å². The first kappa shape index (κ1) is 22.9. The number of hydrogen-bond donors (Lipinski definition) is 1. The van der Waals surface area contributed by atoms with Crippen LogP contribution in [0, 0.1) is 35.0 Å². The minimum atomic E-state index is -0.174. The minimum Gasteiger partial charge on any atom is -0.393 e. The number of rotatable bonds is 6. The van der Waals surface area contributed by atoms with Crippen LogP contribution in [0.5, 0.6) is 0 Å². The second-order valence-corrected chi connectivity index (χ2v) is 11.3. The summed E-state index contributed by atoms with van der Waals surface area (Å²) in [5.74, 6) is 4.14. The number of aliphatic hydroxyl groups is 1. The number of fused-ring (bicyclic) bond motifs is 1. The summed E-state index contributed by atoms with van der Waals surface area (Å²) in [6.45, 7) is 16.6. The molecule has 3 aliphatic rings. The van der Waals surface area contributed by atoms with Gasteiger partial charge in [-0.05, 0) is 91.9 Å². The summed E-state index contributed by atoms with van der Waals surface area (Å²) >= 11 is 0. The molecule has 1 unspecified atom stereocenters. The van der Waals surface area contributed by atoms with Gasteiger partial charge in [-0.3, -0.25) is 0 Å². The van der Waals surface area contributed by atoms with Gasteiger partial charge in [0.05, 0.1) is 6.10 Å². The van der Waals surface area contributed by atoms with Gasteiger partial charge in [-0.25, -0.2) is 0 Å². The maximum absolute atomic E-state index is 10.0. The largest absolute Gasteiger partial charge is 0.393 e. The quantitative estimate of drug-likeness (QED) is 0.482. The lowest BCUT2D eigenvalue weighted by Crippen LogP contribution is -2.36. The van der Waals surface area contributed by atoms with Crippen LogP contribution in [0.3, 0.4) is 0 Å². The van der Waals surface area contributed by atoms with Crippen molar-refractivity contribution in [2.75, 3.05) is 0 Å². The van der Waals surface area contributed by atoms with Gasteiger partial charge < -0.3 is 5.11 Å². The molecule has 3 fully saturated rings. The third-order valence-electron chi connectivity index (χ3n) is 9.13. The van der Waals surface area contributed by atoms with Gasteiger partial charge in [0.25, 0.3) is 0 Å². The molecule has 1 N–H and O–H groups in total. The van der Waals surface area contributed by atoms with Gasteiger partial charge in [0.2, 0.25) is 0 Å². The van der Waals surface area contributed by atoms with Crippen LogP contribution in [0.4, 0.5) is 0 Å². The number of allylic oxidation sites excluding steroid dienone is 4. The summed E-state index contributed by atoms with van der Waals surface area (Å²) in [4.78, 5) is 0. The first-order chi connectivity index (χ1) is 13.7. The Labute approximate surface area is 180 Å². The van der Waals surface area contributed by atoms with Crippen molar-refractivity contribution in [1.29, 1.82) is 0 Å². The van der Waals surface area contributed by atoms with Crippen molar-refractivity contribution >= 4 is 0 Å². The van der Waals surface area contributed by atoms with Crippen LogP contribution >= 0.6 is 0 Å². The molecule has 0 aromatic heterocycles. The highest BCUT2D eigenvalue weighted by molar-refractivity contribution is 5.36. The Morgan fingerprint density at radius 3 is 2.55 bits per heavy atom. The molecule has 0 bridgehead atoms. The number of hydrogen-bond acceptors (Lipinski definition) is 1. The van der Waals surface area contributed by atoms with Crippen LogP contribution in [-0.4, -0.2) is 11.2 Å². The van der Waals surface area contributed by atoms with E-state index in [0.717, 1.165) is 48.9 Å². The van der Waals surface area contributed by atoms with Gasteiger partial charge in [0.15, 0.2) is 0 Å². The summed E-state index contributed by atoms with van der Waals surface area (Å²) in [7, 11) is 0. The lowest BCUT2D eigenvalue weighted by atomic mass is 9.60. The Morgan fingerprint density at radius 1 is 1.07 bits per heavy atom. The zero-order valence-electron chi connectivity index (χ0n) is 19.8. The molecule has 29 heavy (non-hydrogen) atoms. The third-order valence-corrected chi connectivity index (χ3v) is 9.13. The summed E-state index contributed by atoms with van der Waals surface area (Å²) in [6.07, 6.45) is 16.8. The molecular weight excluding hydrogens is 352 g/mol. The highest BCUT2D eigenvalue weighted by Gasteiger charge is 2.50. The molecule has 0 spiro atoms. The molecule has 0 aliphatic heterocycles. The topological polar surface area (TPSA) is 20.2 Å². The summed E-state index contributed by atoms with van der Waals surface area (Å²) in [5, 5.41) is 10.0. The predicted octanol–water partition coefficient (Wildman–Crippen LogP) is 7.87. The van der Waals surface area contributed by atoms with Crippen molar-refractivity contribution in [2.45, 2.75) is 105 Å². The second-order valence-electron chi connectivity index (χ2n) is 11.3. The van der Waals surface area contributed by atoms with Crippen LogP contribution in [0.1, 0.15) is 98.8 Å². The molecule has 3 saturated carbocycles. The van der Waals surface area contributed by atoms with Gasteiger partial charge in [0.1, 0.15) is 0 Å². The fraction of sp³-hybridized carbons (Fsp3) is 0.786. The molecule has 0 aromatic rings. The lowest BCUT2D eigenvalue weighted by molar-refractivity contribution is 0.0907. The normalized spacial score (nSPS) is 37.9. The van der Waals surface area contributed by atoms with Crippen molar-refractivity contribution in [3.8, 4) is 0 Å². The van der Waals surface area contributed by atoms with Crippen molar-refractivity contribution < 1.29 is 5.11 Å². The average Bonchev–Trinajstić information content (AvgIpc) is 3.04. The molecule has 3 rings (SSSR count). The van der Waals surface area contributed by atoms with Gasteiger partial charge in [-0.2, -0.15) is 0 Å². The third kappa shape index (κ3) is 5.09. The van der Waals surface area contributed by atoms with Crippen LogP contribution < -0.4 is 0 Å². The number of aliphatic hydroxyl groups excluding tert-OH is 1. The Bertz CT molecular complexity index is 639. The highest BCUT2D eigenvalue weighted by atomic mass is 16.3. The van der Waals surface area contributed by atoms with Crippen molar-refractivity contribution in [2.24, 2.45) is 35.0 Å². The van der Waals surface area contributed by atoms with Crippen molar-refractivity contribution in [3.63, 3.8) is 0 Å². The molecule has 6 atom stereocenters. The molecule has 0 amide bonds. The first-order valence-corrected chi connectivity index (χ1v) is 12.5. The smallest absolute Gasteiger partial charge is 0.0583 e. The van der Waals surface area contributed by atoms with Gasteiger partial charge in [-0.1, -0.05) is 77.3 Å². The zero-order chi connectivity index (χ0) is 21.2. The van der Waals surface area contributed by atoms with E-state index in [-0.39, 0.29) is 6.10 Å². The molecule has 0 aromatic carbocycles. The molecule has 164 valence electrons. The van der Waals surface area contributed by atoms with Crippen LogP contribution in [-0.2, 0) is 0 Å². The Kier molecular flexibility index (Phi) is 7.52. The van der Waals surface area contributed by atoms with E-state index >= 15 is 0 Å². The van der Waals surface area contributed by atoms with Crippen molar-refractivity contribution in [3.05, 3.63) is 35.5 Å². The first-order valence-electron chi connectivity index (χ1n) is 12.5. The Balaban J connectivity index is 1.70. The van der Waals surface area contributed by atoms with Crippen LogP contribution in [0.25, 0.3) is 0 Å². The SMILES string of the molecule is C=C1CC[C@H](O)C/C1=C/C=C1\CCC[C@]2(C)C([C@H](C)CC[C@H](C)C(C)C)CC[C@@H]12. The van der Waals surface area contributed by atoms with Gasteiger partial charge in [0, 0.05) is 0 Å². The molecule has 0 saturated heterocycles. The fourth-order valence-corrected chi connectivity index (χ4v) is 6.67. The van der Waals surface area contributed by atoms with E-state index in [1.54, 1.807) is 5.57 Å². The predicted molar refractivity (Wildman–Crippen MR) is 126 cm³/mol. The maximum Gasteiger partial charge on any atom is 0.0583 e. The van der Waals surface area contributed by atoms with E-state index < -0.39 is 0 Å². The Hall–Kier alpha value is -0.820. The fourth-order valence-electron chi connectivity index (χ4n) is 6.67. The van der Waals surface area contributed by atoms with E-state index in [1.165, 1.54) is 56.1 Å². The van der Waals surface area contributed by atoms with Crippen molar-refractivity contribution in [1.82, 2.24) is 0 Å². The maximum atomic E-state index is 10.0. The monoisotopic (exact) mass is 398 g/mol. The second kappa shape index (κ2) is 9.54. The molecule has 0 radical (unpaired) electrons. The van der Waals surface area contributed by atoms with Crippen LogP contribution in [0.2, 0.25) is 0 Å². The van der Waals surface area contributed by atoms with E-state index in [0.29, 0.717) is 5.41 Å². The molecule has 1 heteroatoms. The highest BCUT2D eigenvalue weighted by Crippen LogP contribution is 2.60. The minimum absolute atomic E-state index is 0.174. The molecule has 0 heterocycles. The summed E-state index contributed by atoms with van der Waals surface area (Å²) in [6, 6.07) is 0. The standard InChI is InChI=1S/C28H46O/c1-19(2)20(3)9-10-22(5)26-15-16-27-23(8-7-17-28(26,27)6)12-13-24-18-25(29)14-11-21(24)4/h12-13,19-20,22,25-27,29H,4,7-11,14-18H2,1-3,5-6H3/b23-12+,24-13-/t20-,22+,25-,26?,27-,28+/m0/s1. The zero-order valence-corrected chi connectivity index (χ0v) is 19.8. The van der Waals surface area contributed by atoms with Gasteiger partial charge >= 0.3 is 0 Å². The van der Waals surface area contributed by atoms with Crippen LogP contribution in [0.15, 0.2) is 35.5 Å². The van der Waals surface area contributed by atoms with Gasteiger partial charge in [-0.15, -0.1) is 0 Å².